The maximum atomic E-state index is 12.9. The number of halogens is 1. The molecule has 0 bridgehead atoms. The molecule has 0 aliphatic heterocycles. The molecule has 62 valence electrons. The topological polar surface area (TPSA) is 75.8 Å². The molecule has 1 aromatic carbocycles. The minimum Gasteiger partial charge on any atom is -0.395 e. The maximum absolute atomic E-state index is 12.9. The third-order valence-electron chi connectivity index (χ3n) is 1.36. The van der Waals surface area contributed by atoms with Crippen LogP contribution in [-0.4, -0.2) is 0 Å². The van der Waals surface area contributed by atoms with E-state index in [1.54, 1.807) is 6.07 Å². The predicted molar refractivity (Wildman–Crippen MR) is 45.6 cm³/mol. The van der Waals surface area contributed by atoms with Crippen LogP contribution in [0.4, 0.5) is 10.1 Å². The van der Waals surface area contributed by atoms with E-state index in [-0.39, 0.29) is 11.3 Å². The normalized spacial score (nSPS) is 9.42. The molecule has 0 spiro atoms. The standard InChI is InChI=1S/C7H6FN3S/c8-6-2-5(12-11)1-4(3-9)7(6)10/h1-2H,10-11H2. The summed E-state index contributed by atoms with van der Waals surface area (Å²) in [6.07, 6.45) is 0. The summed E-state index contributed by atoms with van der Waals surface area (Å²) in [4.78, 5) is 0.484. The van der Waals surface area contributed by atoms with Crippen molar-refractivity contribution in [2.24, 2.45) is 5.14 Å². The van der Waals surface area contributed by atoms with Crippen LogP contribution in [0.25, 0.3) is 0 Å². The van der Waals surface area contributed by atoms with Crippen LogP contribution in [0.1, 0.15) is 5.56 Å². The highest BCUT2D eigenvalue weighted by atomic mass is 32.2. The first-order valence-electron chi connectivity index (χ1n) is 3.05. The van der Waals surface area contributed by atoms with Gasteiger partial charge in [0.2, 0.25) is 0 Å². The van der Waals surface area contributed by atoms with Gasteiger partial charge in [0.25, 0.3) is 0 Å². The molecule has 1 aromatic rings. The number of nitrogens with zero attached hydrogens (tertiary/aromatic N) is 1. The average Bonchev–Trinajstić information content (AvgIpc) is 2.09. The van der Waals surface area contributed by atoms with Crippen LogP contribution in [-0.2, 0) is 0 Å². The number of rotatable bonds is 1. The third-order valence-corrected chi connectivity index (χ3v) is 1.87. The lowest BCUT2D eigenvalue weighted by molar-refractivity contribution is 0.628. The van der Waals surface area contributed by atoms with Crippen molar-refractivity contribution < 1.29 is 4.39 Å². The molecular weight excluding hydrogens is 177 g/mol. The summed E-state index contributed by atoms with van der Waals surface area (Å²) in [5, 5.41) is 13.7. The van der Waals surface area contributed by atoms with Gasteiger partial charge in [-0.2, -0.15) is 5.26 Å². The van der Waals surface area contributed by atoms with Gasteiger partial charge in [0.05, 0.1) is 11.3 Å². The molecular formula is C7H6FN3S. The van der Waals surface area contributed by atoms with E-state index in [0.717, 1.165) is 11.9 Å². The van der Waals surface area contributed by atoms with E-state index < -0.39 is 5.82 Å². The first kappa shape index (κ1) is 8.84. The monoisotopic (exact) mass is 183 g/mol. The number of hydrogen-bond acceptors (Lipinski definition) is 4. The Balaban J connectivity index is 3.31. The fraction of sp³-hybridized carbons (Fsp3) is 0. The molecule has 0 saturated carbocycles. The van der Waals surface area contributed by atoms with Crippen LogP contribution < -0.4 is 10.9 Å². The lowest BCUT2D eigenvalue weighted by Gasteiger charge is -2.01. The largest absolute Gasteiger partial charge is 0.395 e. The van der Waals surface area contributed by atoms with Crippen molar-refractivity contribution in [2.75, 3.05) is 5.73 Å². The molecule has 0 atom stereocenters. The summed E-state index contributed by atoms with van der Waals surface area (Å²) >= 11 is 0.875. The van der Waals surface area contributed by atoms with Gasteiger partial charge >= 0.3 is 0 Å². The molecule has 0 saturated heterocycles. The first-order chi connectivity index (χ1) is 5.69. The molecule has 0 radical (unpaired) electrons. The lowest BCUT2D eigenvalue weighted by Crippen LogP contribution is -1.96. The molecule has 0 amide bonds. The second kappa shape index (κ2) is 3.43. The molecule has 0 aromatic heterocycles. The number of nitriles is 1. The summed E-state index contributed by atoms with van der Waals surface area (Å²) in [6, 6.07) is 4.42. The van der Waals surface area contributed by atoms with E-state index in [2.05, 4.69) is 0 Å². The SMILES string of the molecule is N#Cc1cc(SN)cc(F)c1N. The highest BCUT2D eigenvalue weighted by Gasteiger charge is 2.06. The molecule has 0 aliphatic carbocycles. The van der Waals surface area contributed by atoms with Crippen LogP contribution >= 0.6 is 11.9 Å². The first-order valence-corrected chi connectivity index (χ1v) is 3.93. The maximum Gasteiger partial charge on any atom is 0.148 e. The van der Waals surface area contributed by atoms with Crippen molar-refractivity contribution >= 4 is 17.6 Å². The molecule has 4 N–H and O–H groups in total. The van der Waals surface area contributed by atoms with Crippen LogP contribution in [0.15, 0.2) is 17.0 Å². The summed E-state index contributed by atoms with van der Waals surface area (Å²) < 4.78 is 12.9. The van der Waals surface area contributed by atoms with Crippen LogP contribution in [0, 0.1) is 17.1 Å². The number of nitrogens with two attached hydrogens (primary N) is 2. The molecule has 0 heterocycles. The zero-order valence-corrected chi connectivity index (χ0v) is 6.86. The lowest BCUT2D eigenvalue weighted by atomic mass is 10.2. The Morgan fingerprint density at radius 2 is 2.17 bits per heavy atom. The Hall–Kier alpha value is -1.25. The van der Waals surface area contributed by atoms with Gasteiger partial charge in [0.15, 0.2) is 0 Å². The Morgan fingerprint density at radius 1 is 1.50 bits per heavy atom. The highest BCUT2D eigenvalue weighted by molar-refractivity contribution is 7.97. The van der Waals surface area contributed by atoms with E-state index in [0.29, 0.717) is 4.90 Å². The minimum atomic E-state index is -0.609. The molecule has 1 rings (SSSR count). The summed E-state index contributed by atoms with van der Waals surface area (Å²) in [5.74, 6) is -0.609. The van der Waals surface area contributed by atoms with Crippen molar-refractivity contribution in [1.29, 1.82) is 5.26 Å². The Morgan fingerprint density at radius 3 is 2.67 bits per heavy atom. The van der Waals surface area contributed by atoms with Crippen molar-refractivity contribution in [1.82, 2.24) is 0 Å². The van der Waals surface area contributed by atoms with E-state index in [1.165, 1.54) is 12.1 Å². The second-order valence-corrected chi connectivity index (χ2v) is 2.80. The molecule has 3 nitrogen and oxygen atoms in total. The Labute approximate surface area is 73.3 Å². The van der Waals surface area contributed by atoms with Crippen molar-refractivity contribution in [3.05, 3.63) is 23.5 Å². The second-order valence-electron chi connectivity index (χ2n) is 2.10. The van der Waals surface area contributed by atoms with Crippen molar-refractivity contribution in [3.8, 4) is 6.07 Å². The number of benzene rings is 1. The molecule has 0 unspecified atom stereocenters. The minimum absolute atomic E-state index is 0.114. The zero-order valence-electron chi connectivity index (χ0n) is 6.04. The van der Waals surface area contributed by atoms with Crippen LogP contribution in [0.5, 0.6) is 0 Å². The van der Waals surface area contributed by atoms with Crippen LogP contribution in [0.3, 0.4) is 0 Å². The fourth-order valence-corrected chi connectivity index (χ4v) is 1.11. The van der Waals surface area contributed by atoms with Crippen molar-refractivity contribution in [2.45, 2.75) is 4.90 Å². The Bertz CT molecular complexity index is 345. The van der Waals surface area contributed by atoms with E-state index in [1.807, 2.05) is 0 Å². The zero-order chi connectivity index (χ0) is 9.14. The summed E-state index contributed by atoms with van der Waals surface area (Å²) in [5.41, 5.74) is 5.25. The van der Waals surface area contributed by atoms with Gasteiger partial charge < -0.3 is 5.73 Å². The van der Waals surface area contributed by atoms with Gasteiger partial charge in [-0.3, -0.25) is 5.14 Å². The number of anilines is 1. The number of nitrogen functional groups attached to an aromatic ring is 1. The summed E-state index contributed by atoms with van der Waals surface area (Å²) in [6.45, 7) is 0. The summed E-state index contributed by atoms with van der Waals surface area (Å²) in [7, 11) is 0. The Kier molecular flexibility index (Phi) is 2.53. The number of hydrogen-bond donors (Lipinski definition) is 2. The van der Waals surface area contributed by atoms with Gasteiger partial charge in [-0.1, -0.05) is 0 Å². The molecule has 5 heteroatoms. The van der Waals surface area contributed by atoms with Gasteiger partial charge in [-0.15, -0.1) is 0 Å². The average molecular weight is 183 g/mol. The van der Waals surface area contributed by atoms with E-state index in [9.17, 15) is 4.39 Å². The molecule has 0 aliphatic rings. The smallest absolute Gasteiger partial charge is 0.148 e. The fourth-order valence-electron chi connectivity index (χ4n) is 0.754. The van der Waals surface area contributed by atoms with E-state index >= 15 is 0 Å². The van der Waals surface area contributed by atoms with Gasteiger partial charge in [-0.05, 0) is 24.1 Å². The van der Waals surface area contributed by atoms with Gasteiger partial charge in [0, 0.05) is 4.90 Å². The van der Waals surface area contributed by atoms with Crippen LogP contribution in [0.2, 0.25) is 0 Å². The van der Waals surface area contributed by atoms with Gasteiger partial charge in [0.1, 0.15) is 11.9 Å². The predicted octanol–water partition coefficient (Wildman–Crippen LogP) is 1.25. The molecule has 12 heavy (non-hydrogen) atoms. The third kappa shape index (κ3) is 1.49. The van der Waals surface area contributed by atoms with E-state index in [4.69, 9.17) is 16.1 Å². The van der Waals surface area contributed by atoms with Gasteiger partial charge in [-0.25, -0.2) is 4.39 Å². The quantitative estimate of drug-likeness (QED) is 0.507. The highest BCUT2D eigenvalue weighted by Crippen LogP contribution is 2.22. The van der Waals surface area contributed by atoms with Crippen molar-refractivity contribution in [3.63, 3.8) is 0 Å². The molecule has 0 fully saturated rings.